The van der Waals surface area contributed by atoms with Crippen molar-refractivity contribution in [3.8, 4) is 0 Å². The van der Waals surface area contributed by atoms with Crippen LogP contribution in [0.4, 0.5) is 16.2 Å². The molecule has 0 fully saturated rings. The molecule has 0 saturated carbocycles. The number of benzene rings is 1. The van der Waals surface area contributed by atoms with Crippen LogP contribution in [0.25, 0.3) is 0 Å². The maximum absolute atomic E-state index is 12.2. The highest BCUT2D eigenvalue weighted by Gasteiger charge is 2.21. The summed E-state index contributed by atoms with van der Waals surface area (Å²) in [6, 6.07) is 10.0. The van der Waals surface area contributed by atoms with Gasteiger partial charge in [0.15, 0.2) is 0 Å². The molecule has 150 valence electrons. The number of aryl methyl sites for hydroxylation is 1. The van der Waals surface area contributed by atoms with Gasteiger partial charge in [0.2, 0.25) is 0 Å². The normalized spacial score (nSPS) is 13.4. The van der Waals surface area contributed by atoms with Gasteiger partial charge in [0.25, 0.3) is 5.91 Å². The van der Waals surface area contributed by atoms with Gasteiger partial charge in [0.05, 0.1) is 12.1 Å². The molecule has 2 heterocycles. The molecule has 29 heavy (non-hydrogen) atoms. The third-order valence-electron chi connectivity index (χ3n) is 4.51. The third kappa shape index (κ3) is 5.51. The largest absolute Gasteiger partial charge is 0.324 e. The van der Waals surface area contributed by atoms with E-state index < -0.39 is 0 Å². The van der Waals surface area contributed by atoms with Crippen molar-refractivity contribution in [1.29, 1.82) is 0 Å². The van der Waals surface area contributed by atoms with Crippen LogP contribution in [-0.4, -0.2) is 29.3 Å². The number of carbonyl (C=O) groups excluding carboxylic acids is 2. The van der Waals surface area contributed by atoms with Gasteiger partial charge in [-0.1, -0.05) is 20.8 Å². The summed E-state index contributed by atoms with van der Waals surface area (Å²) in [5.74, 6) is 0.319. The van der Waals surface area contributed by atoms with Crippen LogP contribution in [0.5, 0.6) is 0 Å². The van der Waals surface area contributed by atoms with Gasteiger partial charge in [-0.2, -0.15) is 0 Å². The zero-order valence-electron chi connectivity index (χ0n) is 17.0. The minimum atomic E-state index is -0.363. The fraction of sp³-hybridized carbons (Fsp3) is 0.273. The predicted molar refractivity (Wildman–Crippen MR) is 115 cm³/mol. The highest BCUT2D eigenvalue weighted by molar-refractivity contribution is 6.09. The average Bonchev–Trinajstić information content (AvgIpc) is 3.12. The maximum atomic E-state index is 12.2. The maximum Gasteiger partial charge on any atom is 0.324 e. The number of amidine groups is 1. The van der Waals surface area contributed by atoms with Crippen molar-refractivity contribution < 1.29 is 9.59 Å². The van der Waals surface area contributed by atoms with Crippen molar-refractivity contribution in [2.24, 2.45) is 10.4 Å². The van der Waals surface area contributed by atoms with Gasteiger partial charge in [0, 0.05) is 23.3 Å². The summed E-state index contributed by atoms with van der Waals surface area (Å²) in [5.41, 5.74) is 3.77. The number of carbonyl (C=O) groups is 2. The van der Waals surface area contributed by atoms with E-state index in [9.17, 15) is 9.59 Å². The molecule has 0 radical (unpaired) electrons. The molecule has 0 spiro atoms. The lowest BCUT2D eigenvalue weighted by atomic mass is 9.87. The number of amides is 3. The lowest BCUT2D eigenvalue weighted by Crippen LogP contribution is -2.32. The van der Waals surface area contributed by atoms with E-state index in [4.69, 9.17) is 0 Å². The summed E-state index contributed by atoms with van der Waals surface area (Å²) < 4.78 is 0. The molecular weight excluding hydrogens is 366 g/mol. The highest BCUT2D eigenvalue weighted by Crippen LogP contribution is 2.27. The molecule has 1 aliphatic rings. The molecular formula is C22H25N5O2. The van der Waals surface area contributed by atoms with Gasteiger partial charge in [-0.3, -0.25) is 20.1 Å². The monoisotopic (exact) mass is 391 g/mol. The Bertz CT molecular complexity index is 968. The summed E-state index contributed by atoms with van der Waals surface area (Å²) in [6.45, 7) is 8.82. The number of nitrogens with zero attached hydrogens (tertiary/aromatic N) is 2. The first kappa shape index (κ1) is 20.3. The molecule has 0 saturated heterocycles. The number of pyridine rings is 1. The van der Waals surface area contributed by atoms with Crippen LogP contribution in [0.3, 0.4) is 0 Å². The molecule has 0 bridgehead atoms. The van der Waals surface area contributed by atoms with Gasteiger partial charge in [-0.15, -0.1) is 0 Å². The van der Waals surface area contributed by atoms with Crippen LogP contribution < -0.4 is 16.0 Å². The van der Waals surface area contributed by atoms with Crippen molar-refractivity contribution >= 4 is 29.1 Å². The summed E-state index contributed by atoms with van der Waals surface area (Å²) >= 11 is 0. The number of hydrogen-bond donors (Lipinski definition) is 3. The van der Waals surface area contributed by atoms with Gasteiger partial charge in [0.1, 0.15) is 5.84 Å². The van der Waals surface area contributed by atoms with E-state index in [0.717, 1.165) is 5.69 Å². The van der Waals surface area contributed by atoms with Crippen molar-refractivity contribution in [3.63, 3.8) is 0 Å². The highest BCUT2D eigenvalue weighted by atomic mass is 16.2. The van der Waals surface area contributed by atoms with Crippen LogP contribution in [0.15, 0.2) is 59.2 Å². The minimum absolute atomic E-state index is 0.0261. The minimum Gasteiger partial charge on any atom is -0.322 e. The number of aromatic nitrogens is 1. The Balaban J connectivity index is 1.54. The van der Waals surface area contributed by atoms with Crippen molar-refractivity contribution in [2.45, 2.75) is 27.7 Å². The lowest BCUT2D eigenvalue weighted by molar-refractivity contribution is 0.102. The van der Waals surface area contributed by atoms with Crippen LogP contribution in [-0.2, 0) is 0 Å². The summed E-state index contributed by atoms with van der Waals surface area (Å²) in [6.07, 6.45) is 3.45. The predicted octanol–water partition coefficient (Wildman–Crippen LogP) is 4.15. The van der Waals surface area contributed by atoms with Crippen molar-refractivity contribution in [3.05, 3.63) is 65.5 Å². The quantitative estimate of drug-likeness (QED) is 0.733. The molecule has 7 heteroatoms. The molecule has 7 nitrogen and oxygen atoms in total. The van der Waals surface area contributed by atoms with Crippen LogP contribution in [0.1, 0.15) is 36.8 Å². The molecule has 1 aromatic heterocycles. The van der Waals surface area contributed by atoms with Crippen LogP contribution in [0.2, 0.25) is 0 Å². The molecule has 3 amide bonds. The Morgan fingerprint density at radius 1 is 0.931 bits per heavy atom. The molecule has 1 aliphatic heterocycles. The molecule has 3 rings (SSSR count). The number of urea groups is 1. The van der Waals surface area contributed by atoms with Gasteiger partial charge >= 0.3 is 6.03 Å². The molecule has 3 N–H and O–H groups in total. The number of aliphatic imine (C=N–C) groups is 1. The Morgan fingerprint density at radius 2 is 1.59 bits per heavy atom. The molecule has 0 atom stereocenters. The molecule has 0 aliphatic carbocycles. The van der Waals surface area contributed by atoms with E-state index in [1.165, 1.54) is 11.8 Å². The zero-order valence-corrected chi connectivity index (χ0v) is 17.0. The summed E-state index contributed by atoms with van der Waals surface area (Å²) in [7, 11) is 0. The van der Waals surface area contributed by atoms with Crippen molar-refractivity contribution in [1.82, 2.24) is 10.3 Å². The second-order valence-corrected chi connectivity index (χ2v) is 7.92. The molecule has 2 aromatic rings. The van der Waals surface area contributed by atoms with E-state index in [1.807, 2.05) is 13.0 Å². The van der Waals surface area contributed by atoms with Gasteiger partial charge < -0.3 is 10.6 Å². The number of hydrogen-bond acceptors (Lipinski definition) is 4. The first-order valence-corrected chi connectivity index (χ1v) is 9.38. The Labute approximate surface area is 170 Å². The molecule has 1 aromatic carbocycles. The van der Waals surface area contributed by atoms with E-state index >= 15 is 0 Å². The van der Waals surface area contributed by atoms with Gasteiger partial charge in [-0.25, -0.2) is 4.79 Å². The van der Waals surface area contributed by atoms with E-state index in [2.05, 4.69) is 46.7 Å². The van der Waals surface area contributed by atoms with E-state index in [0.29, 0.717) is 29.3 Å². The van der Waals surface area contributed by atoms with Crippen LogP contribution >= 0.6 is 0 Å². The Kier molecular flexibility index (Phi) is 5.77. The first-order valence-electron chi connectivity index (χ1n) is 9.38. The second-order valence-electron chi connectivity index (χ2n) is 7.92. The SMILES string of the molecule is Cc1ccc(C(=O)Nc2ccc(NC(=O)NC3=NCC(C(C)(C)C)=C3)cc2)cn1. The lowest BCUT2D eigenvalue weighted by Gasteiger charge is -2.18. The van der Waals surface area contributed by atoms with Gasteiger partial charge in [-0.05, 0) is 60.4 Å². The smallest absolute Gasteiger partial charge is 0.322 e. The Hall–Kier alpha value is -3.48. The number of anilines is 2. The summed E-state index contributed by atoms with van der Waals surface area (Å²) in [5, 5.41) is 8.31. The Morgan fingerprint density at radius 3 is 2.14 bits per heavy atom. The van der Waals surface area contributed by atoms with Crippen LogP contribution in [0, 0.1) is 12.3 Å². The van der Waals surface area contributed by atoms with Crippen molar-refractivity contribution in [2.75, 3.05) is 17.2 Å². The number of rotatable bonds is 3. The fourth-order valence-corrected chi connectivity index (χ4v) is 2.68. The summed E-state index contributed by atoms with van der Waals surface area (Å²) in [4.78, 5) is 32.9. The molecule has 0 unspecified atom stereocenters. The van der Waals surface area contributed by atoms with E-state index in [1.54, 1.807) is 36.4 Å². The number of nitrogens with one attached hydrogen (secondary N) is 3. The standard InChI is InChI=1S/C22H25N5O2/c1-14-5-6-15(12-23-14)20(28)25-17-7-9-18(10-8-17)26-21(29)27-19-11-16(13-24-19)22(2,3)4/h5-12H,13H2,1-4H3,(H,25,28)(H2,24,26,27,29). The second kappa shape index (κ2) is 8.26. The first-order chi connectivity index (χ1) is 13.7. The zero-order chi connectivity index (χ0) is 21.0. The average molecular weight is 391 g/mol. The topological polar surface area (TPSA) is 95.5 Å². The third-order valence-corrected chi connectivity index (χ3v) is 4.51. The fourth-order valence-electron chi connectivity index (χ4n) is 2.68. The van der Waals surface area contributed by atoms with E-state index in [-0.39, 0.29) is 17.4 Å².